The molecule has 3 amide bonds. The maximum absolute atomic E-state index is 13.2. The fraction of sp³-hybridized carbons (Fsp3) is 0.304. The summed E-state index contributed by atoms with van der Waals surface area (Å²) in [6.07, 6.45) is 3.14. The first kappa shape index (κ1) is 18.3. The van der Waals surface area contributed by atoms with E-state index in [1.165, 1.54) is 4.90 Å². The zero-order chi connectivity index (χ0) is 19.8. The molecule has 144 valence electrons. The standard InChI is InChI=1S/C23H25N3O2/c1-4-5-10-25-22(27)19-14-17-8-6-7-9-20(17)26(21(19)24-23(25)28)18-12-15(2)11-16(3)13-18/h6-9,11-14,21H,4-5,10H2,1-3H3,(H,24,28). The van der Waals surface area contributed by atoms with Crippen LogP contribution < -0.4 is 10.2 Å². The van der Waals surface area contributed by atoms with Gasteiger partial charge in [-0.15, -0.1) is 0 Å². The second kappa shape index (κ2) is 7.15. The van der Waals surface area contributed by atoms with Crippen molar-refractivity contribution in [3.8, 4) is 0 Å². The van der Waals surface area contributed by atoms with Gasteiger partial charge in [-0.05, 0) is 61.2 Å². The molecule has 0 aromatic heterocycles. The van der Waals surface area contributed by atoms with Crippen molar-refractivity contribution in [2.45, 2.75) is 39.8 Å². The lowest BCUT2D eigenvalue weighted by Gasteiger charge is -2.43. The highest BCUT2D eigenvalue weighted by molar-refractivity contribution is 6.12. The van der Waals surface area contributed by atoms with E-state index < -0.39 is 6.17 Å². The van der Waals surface area contributed by atoms with Gasteiger partial charge in [0.1, 0.15) is 6.17 Å². The number of carbonyl (C=O) groups excluding carboxylic acids is 2. The average molecular weight is 375 g/mol. The Morgan fingerprint density at radius 2 is 1.75 bits per heavy atom. The lowest BCUT2D eigenvalue weighted by atomic mass is 9.95. The monoisotopic (exact) mass is 375 g/mol. The van der Waals surface area contributed by atoms with Crippen LogP contribution in [0.2, 0.25) is 0 Å². The first-order valence-electron chi connectivity index (χ1n) is 9.80. The normalized spacial score (nSPS) is 18.4. The summed E-state index contributed by atoms with van der Waals surface area (Å²) in [6, 6.07) is 14.0. The van der Waals surface area contributed by atoms with Crippen molar-refractivity contribution in [3.05, 3.63) is 64.7 Å². The van der Waals surface area contributed by atoms with Crippen LogP contribution in [0.4, 0.5) is 16.2 Å². The number of amides is 3. The second-order valence-electron chi connectivity index (χ2n) is 7.54. The Bertz CT molecular complexity index is 959. The van der Waals surface area contributed by atoms with Crippen molar-refractivity contribution < 1.29 is 9.59 Å². The highest BCUT2D eigenvalue weighted by Gasteiger charge is 2.42. The maximum atomic E-state index is 13.2. The highest BCUT2D eigenvalue weighted by atomic mass is 16.2. The predicted molar refractivity (Wildman–Crippen MR) is 111 cm³/mol. The third kappa shape index (κ3) is 3.07. The van der Waals surface area contributed by atoms with E-state index in [0.717, 1.165) is 40.9 Å². The molecule has 1 saturated heterocycles. The number of anilines is 2. The number of imide groups is 1. The van der Waals surface area contributed by atoms with Gasteiger partial charge >= 0.3 is 6.03 Å². The number of fused-ring (bicyclic) bond motifs is 2. The van der Waals surface area contributed by atoms with Crippen molar-refractivity contribution in [2.75, 3.05) is 11.4 Å². The third-order valence-corrected chi connectivity index (χ3v) is 5.28. The third-order valence-electron chi connectivity index (χ3n) is 5.28. The summed E-state index contributed by atoms with van der Waals surface area (Å²) >= 11 is 0. The molecule has 0 spiro atoms. The van der Waals surface area contributed by atoms with E-state index in [1.54, 1.807) is 0 Å². The number of unbranched alkanes of at least 4 members (excludes halogenated alkanes) is 1. The van der Waals surface area contributed by atoms with E-state index in [-0.39, 0.29) is 11.9 Å². The quantitative estimate of drug-likeness (QED) is 0.855. The molecule has 1 atom stereocenters. The summed E-state index contributed by atoms with van der Waals surface area (Å²) in [5, 5.41) is 3.06. The minimum Gasteiger partial charge on any atom is -0.316 e. The molecule has 28 heavy (non-hydrogen) atoms. The molecule has 0 radical (unpaired) electrons. The fourth-order valence-electron chi connectivity index (χ4n) is 4.01. The van der Waals surface area contributed by atoms with E-state index in [2.05, 4.69) is 42.3 Å². The van der Waals surface area contributed by atoms with E-state index in [0.29, 0.717) is 12.1 Å². The zero-order valence-electron chi connectivity index (χ0n) is 16.5. The van der Waals surface area contributed by atoms with Crippen LogP contribution in [-0.4, -0.2) is 29.5 Å². The smallest absolute Gasteiger partial charge is 0.316 e. The Morgan fingerprint density at radius 3 is 2.46 bits per heavy atom. The van der Waals surface area contributed by atoms with E-state index in [1.807, 2.05) is 37.3 Å². The number of benzene rings is 2. The van der Waals surface area contributed by atoms with Crippen LogP contribution in [0.5, 0.6) is 0 Å². The second-order valence-corrected chi connectivity index (χ2v) is 7.54. The number of carbonyl (C=O) groups is 2. The van der Waals surface area contributed by atoms with Crippen LogP contribution in [0.25, 0.3) is 6.08 Å². The maximum Gasteiger partial charge on any atom is 0.326 e. The van der Waals surface area contributed by atoms with Gasteiger partial charge in [-0.2, -0.15) is 0 Å². The lowest BCUT2D eigenvalue weighted by molar-refractivity contribution is -0.125. The Hall–Kier alpha value is -3.08. The van der Waals surface area contributed by atoms with Crippen LogP contribution in [0.3, 0.4) is 0 Å². The lowest BCUT2D eigenvalue weighted by Crippen LogP contribution is -2.61. The van der Waals surface area contributed by atoms with Crippen LogP contribution in [0.1, 0.15) is 36.5 Å². The van der Waals surface area contributed by atoms with Crippen molar-refractivity contribution in [3.63, 3.8) is 0 Å². The summed E-state index contributed by atoms with van der Waals surface area (Å²) in [5.41, 5.74) is 5.82. The van der Waals surface area contributed by atoms with Crippen LogP contribution >= 0.6 is 0 Å². The largest absolute Gasteiger partial charge is 0.326 e. The number of hydrogen-bond acceptors (Lipinski definition) is 3. The van der Waals surface area contributed by atoms with Gasteiger partial charge in [-0.3, -0.25) is 9.69 Å². The van der Waals surface area contributed by atoms with Crippen LogP contribution in [0, 0.1) is 13.8 Å². The van der Waals surface area contributed by atoms with Gasteiger partial charge in [0.2, 0.25) is 0 Å². The molecule has 2 aromatic rings. The number of nitrogens with one attached hydrogen (secondary N) is 1. The number of hydrogen-bond donors (Lipinski definition) is 1. The molecule has 1 N–H and O–H groups in total. The summed E-state index contributed by atoms with van der Waals surface area (Å²) in [5.74, 6) is -0.203. The molecule has 2 aliphatic heterocycles. The fourth-order valence-corrected chi connectivity index (χ4v) is 4.01. The molecule has 1 unspecified atom stereocenters. The SMILES string of the molecule is CCCCN1C(=O)NC2C(=Cc3ccccc3N2c2cc(C)cc(C)c2)C1=O. The van der Waals surface area contributed by atoms with Crippen molar-refractivity contribution in [1.82, 2.24) is 10.2 Å². The Labute approximate surface area is 165 Å². The van der Waals surface area contributed by atoms with Gasteiger partial charge in [-0.1, -0.05) is 37.6 Å². The summed E-state index contributed by atoms with van der Waals surface area (Å²) in [7, 11) is 0. The highest BCUT2D eigenvalue weighted by Crippen LogP contribution is 2.39. The van der Waals surface area contributed by atoms with Crippen molar-refractivity contribution in [1.29, 1.82) is 0 Å². The number of urea groups is 1. The molecule has 0 bridgehead atoms. The summed E-state index contributed by atoms with van der Waals surface area (Å²) < 4.78 is 0. The van der Waals surface area contributed by atoms with E-state index in [4.69, 9.17) is 0 Å². The van der Waals surface area contributed by atoms with Gasteiger partial charge in [-0.25, -0.2) is 4.79 Å². The molecule has 2 heterocycles. The van der Waals surface area contributed by atoms with Gasteiger partial charge in [0.25, 0.3) is 5.91 Å². The molecular weight excluding hydrogens is 350 g/mol. The summed E-state index contributed by atoms with van der Waals surface area (Å²) in [4.78, 5) is 29.3. The van der Waals surface area contributed by atoms with Gasteiger partial charge in [0, 0.05) is 12.2 Å². The molecule has 4 rings (SSSR count). The molecule has 2 aliphatic rings. The van der Waals surface area contributed by atoms with E-state index >= 15 is 0 Å². The number of para-hydroxylation sites is 1. The molecule has 5 nitrogen and oxygen atoms in total. The first-order chi connectivity index (χ1) is 13.5. The Morgan fingerprint density at radius 1 is 1.04 bits per heavy atom. The zero-order valence-corrected chi connectivity index (χ0v) is 16.5. The number of aryl methyl sites for hydroxylation is 2. The van der Waals surface area contributed by atoms with Gasteiger partial charge in [0.15, 0.2) is 0 Å². The Balaban J connectivity index is 1.83. The minimum atomic E-state index is -0.506. The molecule has 0 saturated carbocycles. The summed E-state index contributed by atoms with van der Waals surface area (Å²) in [6.45, 7) is 6.60. The first-order valence-corrected chi connectivity index (χ1v) is 9.80. The molecule has 2 aromatic carbocycles. The molecule has 5 heteroatoms. The molecule has 1 fully saturated rings. The topological polar surface area (TPSA) is 52.7 Å². The average Bonchev–Trinajstić information content (AvgIpc) is 2.66. The molecule has 0 aliphatic carbocycles. The van der Waals surface area contributed by atoms with Gasteiger partial charge < -0.3 is 10.2 Å². The van der Waals surface area contributed by atoms with Crippen molar-refractivity contribution >= 4 is 29.4 Å². The Kier molecular flexibility index (Phi) is 4.67. The van der Waals surface area contributed by atoms with Crippen molar-refractivity contribution in [2.24, 2.45) is 0 Å². The van der Waals surface area contributed by atoms with E-state index in [9.17, 15) is 9.59 Å². The van der Waals surface area contributed by atoms with Gasteiger partial charge in [0.05, 0.1) is 11.3 Å². The molecular formula is C23H25N3O2. The van der Waals surface area contributed by atoms with Crippen LogP contribution in [-0.2, 0) is 4.79 Å². The number of rotatable bonds is 4. The predicted octanol–water partition coefficient (Wildman–Crippen LogP) is 4.52. The number of nitrogens with zero attached hydrogens (tertiary/aromatic N) is 2. The minimum absolute atomic E-state index is 0.203. The van der Waals surface area contributed by atoms with Crippen LogP contribution in [0.15, 0.2) is 48.0 Å².